The Morgan fingerprint density at radius 3 is 2.50 bits per heavy atom. The van der Waals surface area contributed by atoms with Crippen molar-refractivity contribution in [3.8, 4) is 0 Å². The normalized spacial score (nSPS) is 24.2. The van der Waals surface area contributed by atoms with Crippen molar-refractivity contribution in [1.29, 1.82) is 0 Å². The first-order chi connectivity index (χ1) is 5.66. The highest BCUT2D eigenvalue weighted by Gasteiger charge is 2.28. The Kier molecular flexibility index (Phi) is 5.07. The van der Waals surface area contributed by atoms with Crippen LogP contribution >= 0.6 is 45.7 Å². The second-order valence-corrected chi connectivity index (χ2v) is 5.98. The van der Waals surface area contributed by atoms with Crippen LogP contribution in [0.1, 0.15) is 26.2 Å². The van der Waals surface area contributed by atoms with Crippen molar-refractivity contribution >= 4 is 45.7 Å². The molecule has 0 aliphatic carbocycles. The molecule has 0 saturated carbocycles. The van der Waals surface area contributed by atoms with Crippen LogP contribution in [0.5, 0.6) is 0 Å². The smallest absolute Gasteiger partial charge is 0.0201 e. The lowest BCUT2D eigenvalue weighted by molar-refractivity contribution is 0.180. The average Bonchev–Trinajstić information content (AvgIpc) is 2.08. The Hall–Kier alpha value is 1.38. The minimum absolute atomic E-state index is 0.597. The number of hydrogen-bond acceptors (Lipinski definition) is 2. The van der Waals surface area contributed by atoms with Gasteiger partial charge in [0.25, 0.3) is 0 Å². The van der Waals surface area contributed by atoms with E-state index in [1.54, 1.807) is 0 Å². The number of hydrogen-bond donors (Lipinski definition) is 1. The van der Waals surface area contributed by atoms with E-state index < -0.39 is 0 Å². The number of piperidine rings is 1. The molecule has 0 unspecified atom stereocenters. The van der Waals surface area contributed by atoms with Crippen molar-refractivity contribution in [3.05, 3.63) is 0 Å². The SMILES string of the molecule is CC1(CCNI)CCN(I)CC1. The van der Waals surface area contributed by atoms with Crippen molar-refractivity contribution in [1.82, 2.24) is 6.64 Å². The first-order valence-corrected chi connectivity index (χ1v) is 6.45. The van der Waals surface area contributed by atoms with Gasteiger partial charge in [-0.1, -0.05) is 6.92 Å². The molecular formula is C8H16I2N2. The summed E-state index contributed by atoms with van der Waals surface area (Å²) in [6, 6.07) is 0. The minimum Gasteiger partial charge on any atom is -0.261 e. The van der Waals surface area contributed by atoms with Gasteiger partial charge in [0.05, 0.1) is 0 Å². The Balaban J connectivity index is 2.29. The fourth-order valence-corrected chi connectivity index (χ4v) is 2.37. The molecule has 0 radical (unpaired) electrons. The quantitative estimate of drug-likeness (QED) is 0.585. The third-order valence-electron chi connectivity index (χ3n) is 2.74. The van der Waals surface area contributed by atoms with E-state index in [1.807, 2.05) is 0 Å². The number of nitrogens with zero attached hydrogens (tertiary/aromatic N) is 1. The molecule has 12 heavy (non-hydrogen) atoms. The zero-order valence-electron chi connectivity index (χ0n) is 7.45. The fourth-order valence-electron chi connectivity index (χ4n) is 1.62. The maximum Gasteiger partial charge on any atom is 0.0201 e. The van der Waals surface area contributed by atoms with E-state index in [1.165, 1.54) is 32.4 Å². The van der Waals surface area contributed by atoms with Crippen LogP contribution in [0.4, 0.5) is 0 Å². The first-order valence-electron chi connectivity index (χ1n) is 4.40. The van der Waals surface area contributed by atoms with Gasteiger partial charge in [0.1, 0.15) is 0 Å². The van der Waals surface area contributed by atoms with Crippen LogP contribution in [0.2, 0.25) is 0 Å². The Labute approximate surface area is 103 Å². The molecule has 0 aromatic heterocycles. The summed E-state index contributed by atoms with van der Waals surface area (Å²) in [5.74, 6) is 0. The van der Waals surface area contributed by atoms with E-state index in [2.05, 4.69) is 59.3 Å². The van der Waals surface area contributed by atoms with Crippen molar-refractivity contribution in [2.45, 2.75) is 26.2 Å². The van der Waals surface area contributed by atoms with Crippen LogP contribution in [0.3, 0.4) is 0 Å². The summed E-state index contributed by atoms with van der Waals surface area (Å²) in [7, 11) is 0. The van der Waals surface area contributed by atoms with Crippen LogP contribution in [0, 0.1) is 5.41 Å². The third-order valence-corrected chi connectivity index (χ3v) is 4.24. The van der Waals surface area contributed by atoms with Crippen molar-refractivity contribution in [3.63, 3.8) is 0 Å². The molecule has 0 amide bonds. The van der Waals surface area contributed by atoms with Gasteiger partial charge in [-0.2, -0.15) is 0 Å². The van der Waals surface area contributed by atoms with E-state index >= 15 is 0 Å². The molecule has 4 heteroatoms. The molecule has 0 bridgehead atoms. The topological polar surface area (TPSA) is 15.3 Å². The van der Waals surface area contributed by atoms with Gasteiger partial charge in [-0.05, 0) is 24.7 Å². The second kappa shape index (κ2) is 5.31. The lowest BCUT2D eigenvalue weighted by Crippen LogP contribution is -2.34. The highest BCUT2D eigenvalue weighted by atomic mass is 127. The maximum atomic E-state index is 3.21. The van der Waals surface area contributed by atoms with Gasteiger partial charge in [0.2, 0.25) is 0 Å². The van der Waals surface area contributed by atoms with E-state index in [0.29, 0.717) is 5.41 Å². The summed E-state index contributed by atoms with van der Waals surface area (Å²) < 4.78 is 5.61. The average molecular weight is 394 g/mol. The van der Waals surface area contributed by atoms with Gasteiger partial charge < -0.3 is 0 Å². The van der Waals surface area contributed by atoms with Crippen LogP contribution in [-0.2, 0) is 0 Å². The minimum atomic E-state index is 0.597. The molecule has 0 aromatic carbocycles. The van der Waals surface area contributed by atoms with Gasteiger partial charge in [-0.25, -0.2) is 3.11 Å². The standard InChI is InChI=1S/C8H16I2N2/c1-8(2-5-11-9)3-6-12(10)7-4-8/h11H,2-7H2,1H3. The zero-order chi connectivity index (χ0) is 9.03. The predicted octanol–water partition coefficient (Wildman–Crippen LogP) is 2.77. The van der Waals surface area contributed by atoms with Gasteiger partial charge in [0, 0.05) is 65.4 Å². The molecule has 1 aliphatic heterocycles. The Bertz CT molecular complexity index is 128. The zero-order valence-corrected chi connectivity index (χ0v) is 11.8. The second-order valence-electron chi connectivity index (χ2n) is 3.85. The molecule has 1 rings (SSSR count). The third kappa shape index (κ3) is 3.63. The molecule has 1 aliphatic rings. The van der Waals surface area contributed by atoms with E-state index in [0.717, 1.165) is 6.54 Å². The Morgan fingerprint density at radius 2 is 2.00 bits per heavy atom. The van der Waals surface area contributed by atoms with Crippen molar-refractivity contribution in [2.24, 2.45) is 5.41 Å². The molecule has 0 atom stereocenters. The molecule has 2 nitrogen and oxygen atoms in total. The van der Waals surface area contributed by atoms with Gasteiger partial charge in [0.15, 0.2) is 0 Å². The summed E-state index contributed by atoms with van der Waals surface area (Å²) in [6.45, 7) is 6.10. The summed E-state index contributed by atoms with van der Waals surface area (Å²) in [4.78, 5) is 0. The lowest BCUT2D eigenvalue weighted by Gasteiger charge is -2.36. The molecule has 0 spiro atoms. The van der Waals surface area contributed by atoms with E-state index in [4.69, 9.17) is 0 Å². The highest BCUT2D eigenvalue weighted by molar-refractivity contribution is 14.1. The summed E-state index contributed by atoms with van der Waals surface area (Å²) in [5, 5.41) is 0. The molecule has 1 saturated heterocycles. The Morgan fingerprint density at radius 1 is 1.42 bits per heavy atom. The van der Waals surface area contributed by atoms with Gasteiger partial charge in [-0.3, -0.25) is 3.53 Å². The van der Waals surface area contributed by atoms with Crippen LogP contribution in [0.15, 0.2) is 0 Å². The summed E-state index contributed by atoms with van der Waals surface area (Å²) >= 11 is 4.66. The first kappa shape index (κ1) is 11.5. The van der Waals surface area contributed by atoms with Crippen LogP contribution in [-0.4, -0.2) is 22.7 Å². The highest BCUT2D eigenvalue weighted by Crippen LogP contribution is 2.34. The van der Waals surface area contributed by atoms with Gasteiger partial charge in [-0.15, -0.1) is 0 Å². The number of halogens is 2. The lowest BCUT2D eigenvalue weighted by atomic mass is 9.78. The molecule has 0 aromatic rings. The van der Waals surface area contributed by atoms with Crippen molar-refractivity contribution in [2.75, 3.05) is 19.6 Å². The maximum absolute atomic E-state index is 3.21. The van der Waals surface area contributed by atoms with Crippen LogP contribution in [0.25, 0.3) is 0 Å². The molecule has 72 valence electrons. The van der Waals surface area contributed by atoms with Crippen LogP contribution < -0.4 is 3.53 Å². The number of nitrogens with one attached hydrogen (secondary N) is 1. The van der Waals surface area contributed by atoms with Gasteiger partial charge >= 0.3 is 0 Å². The monoisotopic (exact) mass is 394 g/mol. The van der Waals surface area contributed by atoms with E-state index in [-0.39, 0.29) is 0 Å². The predicted molar refractivity (Wildman–Crippen MR) is 69.6 cm³/mol. The van der Waals surface area contributed by atoms with Crippen molar-refractivity contribution < 1.29 is 0 Å². The molecule has 1 fully saturated rings. The fraction of sp³-hybridized carbons (Fsp3) is 1.00. The molecule has 1 N–H and O–H groups in total. The largest absolute Gasteiger partial charge is 0.261 e. The molecular weight excluding hydrogens is 378 g/mol. The summed E-state index contributed by atoms with van der Waals surface area (Å²) in [6.07, 6.45) is 4.03. The van der Waals surface area contributed by atoms with E-state index in [9.17, 15) is 0 Å². The number of rotatable bonds is 3. The molecule has 1 heterocycles. The summed E-state index contributed by atoms with van der Waals surface area (Å²) in [5.41, 5.74) is 0.597.